The second kappa shape index (κ2) is 10.6. The first kappa shape index (κ1) is 29.5. The average Bonchev–Trinajstić information content (AvgIpc) is 3.42. The summed E-state index contributed by atoms with van der Waals surface area (Å²) in [7, 11) is 1.62. The van der Waals surface area contributed by atoms with E-state index in [1.54, 1.807) is 13.2 Å². The number of methoxy groups -OCH3 is 1. The van der Waals surface area contributed by atoms with Gasteiger partial charge in [-0.15, -0.1) is 0 Å². The Kier molecular flexibility index (Phi) is 7.62. The Morgan fingerprint density at radius 1 is 1.07 bits per heavy atom. The molecule has 9 heteroatoms. The van der Waals surface area contributed by atoms with Gasteiger partial charge in [0.2, 0.25) is 0 Å². The maximum Gasteiger partial charge on any atom is 0.331 e. The molecule has 0 amide bonds. The number of carbonyl (C=O) groups excluding carboxylic acids is 2. The topological polar surface area (TPSA) is 121 Å². The highest BCUT2D eigenvalue weighted by Crippen LogP contribution is 2.70. The van der Waals surface area contributed by atoms with Crippen LogP contribution in [-0.4, -0.2) is 78.3 Å². The van der Waals surface area contributed by atoms with Gasteiger partial charge in [-0.1, -0.05) is 13.8 Å². The molecule has 1 saturated heterocycles. The largest absolute Gasteiger partial charge is 0.462 e. The van der Waals surface area contributed by atoms with E-state index in [9.17, 15) is 19.8 Å². The van der Waals surface area contributed by atoms with Crippen LogP contribution in [-0.2, 0) is 33.3 Å². The normalized spacial score (nSPS) is 51.2. The minimum Gasteiger partial charge on any atom is -0.462 e. The Morgan fingerprint density at radius 3 is 2.54 bits per heavy atom. The smallest absolute Gasteiger partial charge is 0.331 e. The average molecular weight is 577 g/mol. The molecule has 0 aromatic rings. The van der Waals surface area contributed by atoms with Crippen LogP contribution in [0.4, 0.5) is 0 Å². The molecule has 0 aromatic heterocycles. The van der Waals surface area contributed by atoms with E-state index in [1.165, 1.54) is 6.92 Å². The quantitative estimate of drug-likeness (QED) is 0.373. The molecule has 0 unspecified atom stereocenters. The van der Waals surface area contributed by atoms with Crippen molar-refractivity contribution in [1.29, 1.82) is 0 Å². The molecule has 2 N–H and O–H groups in total. The molecular weight excluding hydrogens is 528 g/mol. The molecule has 0 aromatic carbocycles. The van der Waals surface area contributed by atoms with Crippen molar-refractivity contribution in [2.24, 2.45) is 34.5 Å². The molecule has 4 saturated carbocycles. The molecule has 2 aliphatic heterocycles. The molecule has 0 radical (unpaired) electrons. The molecule has 2 heterocycles. The number of cyclic esters (lactones) is 1. The van der Waals surface area contributed by atoms with Crippen LogP contribution in [0.3, 0.4) is 0 Å². The van der Waals surface area contributed by atoms with Crippen molar-refractivity contribution >= 4 is 11.9 Å². The van der Waals surface area contributed by atoms with Crippen molar-refractivity contribution in [3.8, 4) is 0 Å². The molecule has 13 atom stereocenters. The molecular formula is C32H48O9. The van der Waals surface area contributed by atoms with Gasteiger partial charge in [0, 0.05) is 44.3 Å². The van der Waals surface area contributed by atoms with Gasteiger partial charge in [-0.2, -0.15) is 0 Å². The number of aliphatic hydroxyl groups is 2. The molecule has 5 fully saturated rings. The third-order valence-corrected chi connectivity index (χ3v) is 12.5. The van der Waals surface area contributed by atoms with Crippen molar-refractivity contribution in [2.45, 2.75) is 128 Å². The van der Waals surface area contributed by atoms with Crippen LogP contribution in [0.25, 0.3) is 0 Å². The lowest BCUT2D eigenvalue weighted by molar-refractivity contribution is -0.273. The summed E-state index contributed by atoms with van der Waals surface area (Å²) in [5.74, 6) is 0.0175. The monoisotopic (exact) mass is 576 g/mol. The zero-order valence-electron chi connectivity index (χ0n) is 25.2. The lowest BCUT2D eigenvalue weighted by atomic mass is 9.43. The second-order valence-electron chi connectivity index (χ2n) is 14.3. The van der Waals surface area contributed by atoms with Gasteiger partial charge in [0.1, 0.15) is 18.8 Å². The van der Waals surface area contributed by atoms with Gasteiger partial charge in [-0.05, 0) is 80.6 Å². The lowest BCUT2D eigenvalue weighted by Crippen LogP contribution is -2.62. The van der Waals surface area contributed by atoms with Gasteiger partial charge in [0.25, 0.3) is 0 Å². The molecule has 0 spiro atoms. The predicted molar refractivity (Wildman–Crippen MR) is 147 cm³/mol. The zero-order valence-corrected chi connectivity index (χ0v) is 25.2. The van der Waals surface area contributed by atoms with Crippen molar-refractivity contribution in [3.63, 3.8) is 0 Å². The molecule has 0 bridgehead atoms. The summed E-state index contributed by atoms with van der Waals surface area (Å²) in [4.78, 5) is 24.2. The van der Waals surface area contributed by atoms with Crippen LogP contribution in [0.1, 0.15) is 85.5 Å². The van der Waals surface area contributed by atoms with Crippen LogP contribution in [0, 0.1) is 34.5 Å². The van der Waals surface area contributed by atoms with E-state index in [2.05, 4.69) is 13.8 Å². The molecule has 9 nitrogen and oxygen atoms in total. The summed E-state index contributed by atoms with van der Waals surface area (Å²) in [6.45, 7) is 8.06. The second-order valence-corrected chi connectivity index (χ2v) is 14.3. The third kappa shape index (κ3) is 4.69. The van der Waals surface area contributed by atoms with Crippen molar-refractivity contribution < 1.29 is 43.5 Å². The summed E-state index contributed by atoms with van der Waals surface area (Å²) in [6.07, 6.45) is 7.14. The van der Waals surface area contributed by atoms with Gasteiger partial charge >= 0.3 is 11.9 Å². The van der Waals surface area contributed by atoms with Crippen LogP contribution in [0.15, 0.2) is 11.6 Å². The number of aliphatic hydroxyl groups excluding tert-OH is 1. The van der Waals surface area contributed by atoms with E-state index < -0.39 is 23.2 Å². The van der Waals surface area contributed by atoms with E-state index in [-0.39, 0.29) is 60.4 Å². The Morgan fingerprint density at radius 2 is 1.85 bits per heavy atom. The molecule has 4 aliphatic carbocycles. The fraction of sp³-hybridized carbons (Fsp3) is 0.875. The van der Waals surface area contributed by atoms with Crippen LogP contribution in [0.2, 0.25) is 0 Å². The third-order valence-electron chi connectivity index (χ3n) is 12.5. The highest BCUT2D eigenvalue weighted by atomic mass is 16.7. The summed E-state index contributed by atoms with van der Waals surface area (Å²) in [6, 6.07) is 0. The Balaban J connectivity index is 1.19. The fourth-order valence-corrected chi connectivity index (χ4v) is 10.4. The SMILES string of the molecule is CO[C@@H]1C[C@H](O[C@@H]2CC[C@]3(C)[C@H](CC[C@@H]4[C@@H]3CC[C@]3(C)[C@H](C5=CC(=O)OC5)[C@H](OC(C)=O)C[C@@]43O)C2)O[C@H](C)[C@@H]1O. The van der Waals surface area contributed by atoms with E-state index in [1.807, 2.05) is 6.92 Å². The van der Waals surface area contributed by atoms with E-state index in [0.29, 0.717) is 24.7 Å². The Hall–Kier alpha value is -1.52. The highest BCUT2D eigenvalue weighted by molar-refractivity contribution is 5.85. The van der Waals surface area contributed by atoms with Crippen molar-refractivity contribution in [1.82, 2.24) is 0 Å². The summed E-state index contributed by atoms with van der Waals surface area (Å²) < 4.78 is 29.1. The zero-order chi connectivity index (χ0) is 29.3. The lowest BCUT2D eigenvalue weighted by Gasteiger charge is -2.63. The van der Waals surface area contributed by atoms with Gasteiger partial charge in [0.05, 0.1) is 23.9 Å². The standard InChI is InChI=1S/C32H48O9/c1-17-29(35)24(37-5)14-27(39-17)41-21-8-10-30(3)20(13-21)6-7-23-22(30)9-11-31(4)28(19-12-26(34)38-16-19)25(40-18(2)33)15-32(23,31)36/h12,17,20-25,27-29,35-36H,6-11,13-16H2,1-5H3/t17-,20-,21-,22+,23-,24-,25-,27+,28-,29+,30-,31-,32-/m1/s1. The Bertz CT molecular complexity index is 1080. The summed E-state index contributed by atoms with van der Waals surface area (Å²) >= 11 is 0. The first-order valence-corrected chi connectivity index (χ1v) is 15.7. The number of hydrogen-bond donors (Lipinski definition) is 2. The van der Waals surface area contributed by atoms with Crippen LogP contribution in [0.5, 0.6) is 0 Å². The van der Waals surface area contributed by atoms with E-state index in [4.69, 9.17) is 23.7 Å². The summed E-state index contributed by atoms with van der Waals surface area (Å²) in [5.41, 5.74) is -0.559. The first-order chi connectivity index (χ1) is 19.4. The van der Waals surface area contributed by atoms with Gasteiger partial charge in [0.15, 0.2) is 6.29 Å². The molecule has 6 aliphatic rings. The minimum atomic E-state index is -0.990. The number of esters is 2. The van der Waals surface area contributed by atoms with Crippen molar-refractivity contribution in [2.75, 3.05) is 13.7 Å². The molecule has 6 rings (SSSR count). The van der Waals surface area contributed by atoms with E-state index in [0.717, 1.165) is 50.5 Å². The number of ether oxygens (including phenoxy) is 5. The fourth-order valence-electron chi connectivity index (χ4n) is 10.4. The highest BCUT2D eigenvalue weighted by Gasteiger charge is 2.71. The van der Waals surface area contributed by atoms with Gasteiger partial charge in [-0.25, -0.2) is 4.79 Å². The van der Waals surface area contributed by atoms with Gasteiger partial charge in [-0.3, -0.25) is 4.79 Å². The number of rotatable bonds is 5. The number of hydrogen-bond acceptors (Lipinski definition) is 9. The maximum atomic E-state index is 12.7. The predicted octanol–water partition coefficient (Wildman–Crippen LogP) is 3.68. The van der Waals surface area contributed by atoms with Crippen molar-refractivity contribution in [3.05, 3.63) is 11.6 Å². The molecule has 230 valence electrons. The summed E-state index contributed by atoms with van der Waals surface area (Å²) in [5, 5.41) is 23.0. The van der Waals surface area contributed by atoms with Crippen LogP contribution < -0.4 is 0 Å². The van der Waals surface area contributed by atoms with Gasteiger partial charge < -0.3 is 33.9 Å². The first-order valence-electron chi connectivity index (χ1n) is 15.7. The number of carbonyl (C=O) groups is 2. The van der Waals surface area contributed by atoms with Crippen LogP contribution >= 0.6 is 0 Å². The minimum absolute atomic E-state index is 0.0898. The van der Waals surface area contributed by atoms with E-state index >= 15 is 0 Å². The number of fused-ring (bicyclic) bond motifs is 5. The molecule has 41 heavy (non-hydrogen) atoms. The maximum absolute atomic E-state index is 12.7. The Labute approximate surface area is 243 Å².